The Balaban J connectivity index is 2.10. The van der Waals surface area contributed by atoms with Gasteiger partial charge in [-0.25, -0.2) is 9.97 Å². The minimum Gasteiger partial charge on any atom is -0.370 e. The van der Waals surface area contributed by atoms with Gasteiger partial charge in [0.25, 0.3) is 0 Å². The highest BCUT2D eigenvalue weighted by Crippen LogP contribution is 2.17. The lowest BCUT2D eigenvalue weighted by molar-refractivity contribution is 0.937. The molecule has 0 radical (unpaired) electrons. The summed E-state index contributed by atoms with van der Waals surface area (Å²) in [5.74, 6) is 1.65. The van der Waals surface area contributed by atoms with E-state index in [1.165, 1.54) is 11.8 Å². The number of hydrogen-bond acceptors (Lipinski definition) is 6. The summed E-state index contributed by atoms with van der Waals surface area (Å²) in [6, 6.07) is 7.92. The van der Waals surface area contributed by atoms with Crippen molar-refractivity contribution in [3.63, 3.8) is 0 Å². The van der Waals surface area contributed by atoms with Gasteiger partial charge >= 0.3 is 0 Å². The molecule has 0 atom stereocenters. The van der Waals surface area contributed by atoms with Crippen LogP contribution in [-0.2, 0) is 6.54 Å². The van der Waals surface area contributed by atoms with Crippen molar-refractivity contribution < 1.29 is 0 Å². The Morgan fingerprint density at radius 3 is 2.50 bits per heavy atom. The lowest BCUT2D eigenvalue weighted by Crippen LogP contribution is -2.07. The minimum atomic E-state index is 0.651. The Hall–Kier alpha value is -1.82. The molecule has 0 amide bonds. The molecule has 0 aromatic carbocycles. The Morgan fingerprint density at radius 1 is 1.10 bits per heavy atom. The van der Waals surface area contributed by atoms with Gasteiger partial charge in [0, 0.05) is 18.3 Å². The molecule has 0 spiro atoms. The summed E-state index contributed by atoms with van der Waals surface area (Å²) < 4.78 is 0. The van der Waals surface area contributed by atoms with Crippen LogP contribution in [0.1, 0.15) is 18.3 Å². The van der Waals surface area contributed by atoms with Crippen molar-refractivity contribution in [1.82, 2.24) is 15.0 Å². The van der Waals surface area contributed by atoms with Gasteiger partial charge in [-0.3, -0.25) is 4.98 Å². The molecule has 0 aliphatic carbocycles. The molecule has 0 bridgehead atoms. The normalized spacial score (nSPS) is 10.3. The van der Waals surface area contributed by atoms with Crippen LogP contribution in [0.2, 0.25) is 0 Å². The van der Waals surface area contributed by atoms with Crippen LogP contribution in [0.3, 0.4) is 0 Å². The van der Waals surface area contributed by atoms with E-state index < -0.39 is 0 Å². The second-order valence-corrected chi connectivity index (χ2v) is 5.05. The quantitative estimate of drug-likeness (QED) is 0.630. The number of nitrogens with one attached hydrogen (secondary N) is 2. The van der Waals surface area contributed by atoms with Crippen molar-refractivity contribution in [3.05, 3.63) is 35.7 Å². The predicted octanol–water partition coefficient (Wildman–Crippen LogP) is 2.95. The number of thioether (sulfide) groups is 1. The first kappa shape index (κ1) is 14.6. The third kappa shape index (κ3) is 4.09. The average molecular weight is 289 g/mol. The van der Waals surface area contributed by atoms with Crippen LogP contribution < -0.4 is 10.6 Å². The van der Waals surface area contributed by atoms with Crippen LogP contribution in [0.15, 0.2) is 29.4 Å². The summed E-state index contributed by atoms with van der Waals surface area (Å²) in [6.07, 6.45) is 1.97. The maximum Gasteiger partial charge on any atom is 0.191 e. The summed E-state index contributed by atoms with van der Waals surface area (Å²) in [5, 5.41) is 7.26. The first-order valence-corrected chi connectivity index (χ1v) is 7.77. The van der Waals surface area contributed by atoms with Crippen LogP contribution in [0.4, 0.5) is 11.6 Å². The van der Waals surface area contributed by atoms with Crippen LogP contribution in [0.25, 0.3) is 0 Å². The third-order valence-corrected chi connectivity index (χ3v) is 3.19. The van der Waals surface area contributed by atoms with Crippen molar-refractivity contribution in [2.75, 3.05) is 23.4 Å². The third-order valence-electron chi connectivity index (χ3n) is 2.64. The van der Waals surface area contributed by atoms with Gasteiger partial charge in [-0.15, -0.1) is 0 Å². The van der Waals surface area contributed by atoms with Crippen LogP contribution >= 0.6 is 11.8 Å². The number of pyridine rings is 1. The fraction of sp³-hybridized carbons (Fsp3) is 0.357. The van der Waals surface area contributed by atoms with Crippen molar-refractivity contribution in [1.29, 1.82) is 0 Å². The largest absolute Gasteiger partial charge is 0.370 e. The number of hydrogen-bond donors (Lipinski definition) is 2. The second kappa shape index (κ2) is 7.09. The van der Waals surface area contributed by atoms with Gasteiger partial charge in [0.15, 0.2) is 5.16 Å². The highest BCUT2D eigenvalue weighted by atomic mass is 32.2. The molecule has 2 aromatic heterocycles. The highest BCUT2D eigenvalue weighted by molar-refractivity contribution is 7.98. The van der Waals surface area contributed by atoms with Gasteiger partial charge < -0.3 is 10.6 Å². The zero-order chi connectivity index (χ0) is 14.4. The Kier molecular flexibility index (Phi) is 5.17. The maximum atomic E-state index is 4.46. The zero-order valence-corrected chi connectivity index (χ0v) is 12.8. The molecule has 5 nitrogen and oxygen atoms in total. The maximum absolute atomic E-state index is 4.46. The number of anilines is 2. The van der Waals surface area contributed by atoms with E-state index in [0.29, 0.717) is 6.54 Å². The van der Waals surface area contributed by atoms with Crippen molar-refractivity contribution in [3.8, 4) is 0 Å². The second-order valence-electron chi connectivity index (χ2n) is 4.28. The van der Waals surface area contributed by atoms with E-state index in [1.807, 2.05) is 44.4 Å². The Bertz CT molecular complexity index is 573. The topological polar surface area (TPSA) is 62.7 Å². The van der Waals surface area contributed by atoms with Crippen LogP contribution in [0.5, 0.6) is 0 Å². The van der Waals surface area contributed by atoms with E-state index in [9.17, 15) is 0 Å². The molecular formula is C14H19N5S. The fourth-order valence-electron chi connectivity index (χ4n) is 1.76. The highest BCUT2D eigenvalue weighted by Gasteiger charge is 2.04. The molecule has 0 aliphatic heterocycles. The van der Waals surface area contributed by atoms with Gasteiger partial charge in [0.05, 0.1) is 12.2 Å². The molecule has 0 saturated carbocycles. The lowest BCUT2D eigenvalue weighted by Gasteiger charge is -2.09. The number of rotatable bonds is 6. The summed E-state index contributed by atoms with van der Waals surface area (Å²) in [5.41, 5.74) is 2.02. The summed E-state index contributed by atoms with van der Waals surface area (Å²) in [4.78, 5) is 13.3. The Morgan fingerprint density at radius 2 is 1.85 bits per heavy atom. The SMILES string of the molecule is CCNc1cc(NCc2cccc(C)n2)nc(SC)n1. The van der Waals surface area contributed by atoms with E-state index in [2.05, 4.69) is 25.6 Å². The molecular weight excluding hydrogens is 270 g/mol. The fourth-order valence-corrected chi connectivity index (χ4v) is 2.14. The molecule has 2 heterocycles. The predicted molar refractivity (Wildman–Crippen MR) is 84.3 cm³/mol. The number of aromatic nitrogens is 3. The van der Waals surface area contributed by atoms with E-state index in [4.69, 9.17) is 0 Å². The standard InChI is InChI=1S/C14H19N5S/c1-4-15-12-8-13(19-14(18-12)20-3)16-9-11-7-5-6-10(2)17-11/h5-8H,4,9H2,1-3H3,(H2,15,16,18,19). The van der Waals surface area contributed by atoms with Gasteiger partial charge in [0.1, 0.15) is 11.6 Å². The summed E-state index contributed by atoms with van der Waals surface area (Å²) >= 11 is 1.53. The van der Waals surface area contributed by atoms with Gasteiger partial charge in [-0.2, -0.15) is 0 Å². The van der Waals surface area contributed by atoms with Gasteiger partial charge in [-0.1, -0.05) is 17.8 Å². The number of aryl methyl sites for hydroxylation is 1. The molecule has 106 valence electrons. The van der Waals surface area contributed by atoms with Crippen molar-refractivity contribution in [2.24, 2.45) is 0 Å². The van der Waals surface area contributed by atoms with Crippen LogP contribution in [-0.4, -0.2) is 27.8 Å². The zero-order valence-electron chi connectivity index (χ0n) is 12.0. The molecule has 6 heteroatoms. The molecule has 2 N–H and O–H groups in total. The van der Waals surface area contributed by atoms with E-state index in [0.717, 1.165) is 34.7 Å². The lowest BCUT2D eigenvalue weighted by atomic mass is 10.3. The molecule has 0 unspecified atom stereocenters. The average Bonchev–Trinajstić information content (AvgIpc) is 2.45. The smallest absolute Gasteiger partial charge is 0.191 e. The first-order valence-electron chi connectivity index (χ1n) is 6.54. The molecule has 2 aromatic rings. The Labute approximate surface area is 123 Å². The summed E-state index contributed by atoms with van der Waals surface area (Å²) in [7, 11) is 0. The molecule has 0 aliphatic rings. The van der Waals surface area contributed by atoms with E-state index >= 15 is 0 Å². The summed E-state index contributed by atoms with van der Waals surface area (Å²) in [6.45, 7) is 5.52. The number of nitrogens with zero attached hydrogens (tertiary/aromatic N) is 3. The van der Waals surface area contributed by atoms with Crippen molar-refractivity contribution >= 4 is 23.4 Å². The molecule has 0 saturated heterocycles. The van der Waals surface area contributed by atoms with Gasteiger partial charge in [-0.05, 0) is 32.2 Å². The molecule has 2 rings (SSSR count). The van der Waals surface area contributed by atoms with E-state index in [-0.39, 0.29) is 0 Å². The molecule has 0 fully saturated rings. The van der Waals surface area contributed by atoms with E-state index in [1.54, 1.807) is 0 Å². The minimum absolute atomic E-state index is 0.651. The first-order chi connectivity index (χ1) is 9.71. The van der Waals surface area contributed by atoms with Crippen molar-refractivity contribution in [2.45, 2.75) is 25.5 Å². The van der Waals surface area contributed by atoms with Gasteiger partial charge in [0.2, 0.25) is 0 Å². The molecule has 20 heavy (non-hydrogen) atoms. The van der Waals surface area contributed by atoms with Crippen LogP contribution in [0, 0.1) is 6.92 Å². The monoisotopic (exact) mass is 289 g/mol.